The molecule has 1 aliphatic heterocycles. The van der Waals surface area contributed by atoms with Gasteiger partial charge in [0, 0.05) is 36.6 Å². The van der Waals surface area contributed by atoms with E-state index in [1.54, 1.807) is 0 Å². The molecule has 2 aromatic heterocycles. The van der Waals surface area contributed by atoms with Crippen molar-refractivity contribution < 1.29 is 0 Å². The molecule has 3 nitrogen and oxygen atoms in total. The van der Waals surface area contributed by atoms with E-state index in [0.29, 0.717) is 5.95 Å². The van der Waals surface area contributed by atoms with Crippen LogP contribution in [0.1, 0.15) is 0 Å². The molecule has 0 saturated carbocycles. The van der Waals surface area contributed by atoms with Crippen molar-refractivity contribution in [2.24, 2.45) is 0 Å². The molecule has 202 valence electrons. The molecule has 0 atom stereocenters. The molecule has 0 fully saturated rings. The maximum absolute atomic E-state index is 5.24. The van der Waals surface area contributed by atoms with E-state index in [-0.39, 0.29) is 0 Å². The molecule has 0 saturated heterocycles. The number of para-hydroxylation sites is 1. The fraction of sp³-hybridized carbons (Fsp3) is 0. The Labute approximate surface area is 257 Å². The SMILES string of the molecule is c1ccc(-c2cc(-c3ccccc3)nc(-n3c4ccccc4c4ccc5c(c43)Sc3cc4ccccc4cc3S5)n2)cc1. The molecular formula is C38H23N3S2. The predicted molar refractivity (Wildman–Crippen MR) is 179 cm³/mol. The van der Waals surface area contributed by atoms with Gasteiger partial charge >= 0.3 is 0 Å². The van der Waals surface area contributed by atoms with Gasteiger partial charge < -0.3 is 0 Å². The summed E-state index contributed by atoms with van der Waals surface area (Å²) in [5.41, 5.74) is 6.19. The minimum atomic E-state index is 0.676. The summed E-state index contributed by atoms with van der Waals surface area (Å²) >= 11 is 3.71. The van der Waals surface area contributed by atoms with Crippen LogP contribution >= 0.6 is 23.5 Å². The van der Waals surface area contributed by atoms with Gasteiger partial charge in [0.2, 0.25) is 5.95 Å². The van der Waals surface area contributed by atoms with Gasteiger partial charge in [-0.2, -0.15) is 0 Å². The van der Waals surface area contributed by atoms with Crippen molar-refractivity contribution in [1.82, 2.24) is 14.5 Å². The maximum atomic E-state index is 5.24. The Hall–Kier alpha value is -4.84. The number of nitrogens with zero attached hydrogens (tertiary/aromatic N) is 3. The summed E-state index contributed by atoms with van der Waals surface area (Å²) in [5.74, 6) is 0.676. The monoisotopic (exact) mass is 585 g/mol. The Kier molecular flexibility index (Phi) is 5.68. The Morgan fingerprint density at radius 1 is 0.465 bits per heavy atom. The highest BCUT2D eigenvalue weighted by Gasteiger charge is 2.25. The van der Waals surface area contributed by atoms with Gasteiger partial charge in [-0.1, -0.05) is 133 Å². The summed E-state index contributed by atoms with van der Waals surface area (Å²) in [6, 6.07) is 49.3. The largest absolute Gasteiger partial charge is 0.277 e. The molecule has 0 N–H and O–H groups in total. The first-order valence-electron chi connectivity index (χ1n) is 14.3. The van der Waals surface area contributed by atoms with Crippen molar-refractivity contribution in [3.05, 3.63) is 140 Å². The van der Waals surface area contributed by atoms with Crippen LogP contribution in [0.4, 0.5) is 0 Å². The molecule has 0 amide bonds. The topological polar surface area (TPSA) is 30.7 Å². The van der Waals surface area contributed by atoms with Gasteiger partial charge in [0.05, 0.1) is 27.3 Å². The Bertz CT molecular complexity index is 2290. The summed E-state index contributed by atoms with van der Waals surface area (Å²) in [6.07, 6.45) is 0. The molecule has 8 aromatic rings. The Morgan fingerprint density at radius 2 is 1.05 bits per heavy atom. The summed E-state index contributed by atoms with van der Waals surface area (Å²) < 4.78 is 2.28. The third-order valence-corrected chi connectivity index (χ3v) is 10.6. The Morgan fingerprint density at radius 3 is 1.72 bits per heavy atom. The zero-order valence-electron chi connectivity index (χ0n) is 22.9. The van der Waals surface area contributed by atoms with Crippen molar-refractivity contribution in [3.63, 3.8) is 0 Å². The van der Waals surface area contributed by atoms with Gasteiger partial charge in [-0.25, -0.2) is 9.97 Å². The fourth-order valence-corrected chi connectivity index (χ4v) is 8.47. The van der Waals surface area contributed by atoms with Crippen LogP contribution in [0, 0.1) is 0 Å². The smallest absolute Gasteiger partial charge is 0.235 e. The van der Waals surface area contributed by atoms with Crippen LogP contribution in [-0.2, 0) is 0 Å². The summed E-state index contributed by atoms with van der Waals surface area (Å²) in [7, 11) is 0. The molecule has 0 spiro atoms. The second kappa shape index (κ2) is 9.87. The van der Waals surface area contributed by atoms with Gasteiger partial charge in [-0.15, -0.1) is 0 Å². The number of aromatic nitrogens is 3. The van der Waals surface area contributed by atoms with Crippen molar-refractivity contribution in [3.8, 4) is 28.5 Å². The second-order valence-corrected chi connectivity index (χ2v) is 12.8. The van der Waals surface area contributed by atoms with Crippen LogP contribution in [0.5, 0.6) is 0 Å². The normalized spacial score (nSPS) is 12.5. The van der Waals surface area contributed by atoms with Crippen molar-refractivity contribution >= 4 is 56.1 Å². The highest BCUT2D eigenvalue weighted by atomic mass is 32.2. The van der Waals surface area contributed by atoms with Crippen molar-refractivity contribution in [2.75, 3.05) is 0 Å². The van der Waals surface area contributed by atoms with E-state index in [2.05, 4.69) is 132 Å². The molecule has 3 heterocycles. The van der Waals surface area contributed by atoms with Gasteiger partial charge in [-0.3, -0.25) is 4.57 Å². The molecular weight excluding hydrogens is 563 g/mol. The standard InChI is InChI=1S/C38H23N3S2/c1-3-11-24(12-4-1)30-23-31(25-13-5-2-6-14-25)40-38(39-30)41-32-18-10-9-17-28(32)29-19-20-33-37(36(29)41)43-35-22-27-16-8-7-15-26(27)21-34(35)42-33/h1-23H. The molecule has 0 bridgehead atoms. The quantitative estimate of drug-likeness (QED) is 0.206. The number of fused-ring (bicyclic) bond motifs is 7. The van der Waals surface area contributed by atoms with Crippen LogP contribution in [0.3, 0.4) is 0 Å². The van der Waals surface area contributed by atoms with Crippen LogP contribution < -0.4 is 0 Å². The van der Waals surface area contributed by atoms with Crippen molar-refractivity contribution in [2.45, 2.75) is 19.6 Å². The first-order valence-corrected chi connectivity index (χ1v) is 15.9. The van der Waals surface area contributed by atoms with E-state index in [9.17, 15) is 0 Å². The van der Waals surface area contributed by atoms with Crippen molar-refractivity contribution in [1.29, 1.82) is 0 Å². The van der Waals surface area contributed by atoms with E-state index in [4.69, 9.17) is 9.97 Å². The van der Waals surface area contributed by atoms with E-state index < -0.39 is 0 Å². The summed E-state index contributed by atoms with van der Waals surface area (Å²) in [4.78, 5) is 15.6. The maximum Gasteiger partial charge on any atom is 0.235 e. The highest BCUT2D eigenvalue weighted by molar-refractivity contribution is 8.05. The molecule has 0 aliphatic carbocycles. The number of hydrogen-bond acceptors (Lipinski definition) is 4. The van der Waals surface area contributed by atoms with E-state index in [1.807, 2.05) is 35.7 Å². The lowest BCUT2D eigenvalue weighted by molar-refractivity contribution is 0.981. The highest BCUT2D eigenvalue weighted by Crippen LogP contribution is 2.53. The molecule has 6 aromatic carbocycles. The lowest BCUT2D eigenvalue weighted by Gasteiger charge is -2.21. The average Bonchev–Trinajstić information content (AvgIpc) is 3.42. The lowest BCUT2D eigenvalue weighted by Crippen LogP contribution is -2.05. The number of hydrogen-bond donors (Lipinski definition) is 0. The Balaban J connectivity index is 1.33. The molecule has 9 rings (SSSR count). The minimum Gasteiger partial charge on any atom is -0.277 e. The molecule has 1 aliphatic rings. The third-order valence-electron chi connectivity index (χ3n) is 8.05. The van der Waals surface area contributed by atoms with Gasteiger partial charge in [0.1, 0.15) is 0 Å². The van der Waals surface area contributed by atoms with Gasteiger partial charge in [0.15, 0.2) is 0 Å². The van der Waals surface area contributed by atoms with E-state index in [0.717, 1.165) is 33.5 Å². The van der Waals surface area contributed by atoms with Crippen LogP contribution in [0.15, 0.2) is 159 Å². The zero-order valence-corrected chi connectivity index (χ0v) is 24.6. The first kappa shape index (κ1) is 24.7. The lowest BCUT2D eigenvalue weighted by atomic mass is 10.1. The van der Waals surface area contributed by atoms with Crippen LogP contribution in [-0.4, -0.2) is 14.5 Å². The molecule has 43 heavy (non-hydrogen) atoms. The van der Waals surface area contributed by atoms with E-state index >= 15 is 0 Å². The van der Waals surface area contributed by atoms with Crippen LogP contribution in [0.2, 0.25) is 0 Å². The zero-order chi connectivity index (χ0) is 28.3. The third kappa shape index (κ3) is 4.08. The first-order chi connectivity index (χ1) is 21.3. The number of benzene rings is 6. The van der Waals surface area contributed by atoms with Gasteiger partial charge in [-0.05, 0) is 41.1 Å². The summed E-state index contributed by atoms with van der Waals surface area (Å²) in [6.45, 7) is 0. The average molecular weight is 586 g/mol. The van der Waals surface area contributed by atoms with Gasteiger partial charge in [0.25, 0.3) is 0 Å². The second-order valence-electron chi connectivity index (χ2n) is 10.7. The molecule has 0 radical (unpaired) electrons. The summed E-state index contributed by atoms with van der Waals surface area (Å²) in [5, 5.41) is 4.94. The van der Waals surface area contributed by atoms with E-state index in [1.165, 1.54) is 41.1 Å². The minimum absolute atomic E-state index is 0.676. The van der Waals surface area contributed by atoms with Crippen LogP contribution in [0.25, 0.3) is 61.0 Å². The number of rotatable bonds is 3. The fourth-order valence-electron chi connectivity index (χ4n) is 6.03. The predicted octanol–water partition coefficient (Wildman–Crippen LogP) is 10.7. The molecule has 5 heteroatoms. The molecule has 0 unspecified atom stereocenters.